The molecule has 0 saturated carbocycles. The Hall–Kier alpha value is -2.40. The molecule has 4 nitrogen and oxygen atoms in total. The highest BCUT2D eigenvalue weighted by Gasteiger charge is 2.40. The second kappa shape index (κ2) is 5.77. The SMILES string of the molecule is O=C1C[C@H](Nc2ccccc2F)C(=O)N1c1ccccc1Cl. The molecule has 0 radical (unpaired) electrons. The minimum Gasteiger partial charge on any atom is -0.371 e. The zero-order valence-electron chi connectivity index (χ0n) is 11.4. The predicted molar refractivity (Wildman–Crippen MR) is 82.4 cm³/mol. The van der Waals surface area contributed by atoms with E-state index in [-0.39, 0.29) is 18.0 Å². The molecule has 1 heterocycles. The number of nitrogens with one attached hydrogen (secondary N) is 1. The Morgan fingerprint density at radius 3 is 2.50 bits per heavy atom. The molecule has 0 bridgehead atoms. The molecule has 3 rings (SSSR count). The molecule has 1 atom stereocenters. The molecule has 0 spiro atoms. The number of nitrogens with zero attached hydrogens (tertiary/aromatic N) is 1. The van der Waals surface area contributed by atoms with Crippen LogP contribution < -0.4 is 10.2 Å². The summed E-state index contributed by atoms with van der Waals surface area (Å²) in [5.41, 5.74) is 0.534. The molecular formula is C16H12ClFN2O2. The summed E-state index contributed by atoms with van der Waals surface area (Å²) >= 11 is 6.04. The van der Waals surface area contributed by atoms with Gasteiger partial charge in [0.15, 0.2) is 0 Å². The topological polar surface area (TPSA) is 49.4 Å². The van der Waals surface area contributed by atoms with Crippen molar-refractivity contribution in [2.75, 3.05) is 10.2 Å². The van der Waals surface area contributed by atoms with Gasteiger partial charge in [-0.05, 0) is 24.3 Å². The summed E-state index contributed by atoms with van der Waals surface area (Å²) in [6.45, 7) is 0. The van der Waals surface area contributed by atoms with Gasteiger partial charge in [-0.2, -0.15) is 0 Å². The first-order chi connectivity index (χ1) is 10.6. The van der Waals surface area contributed by atoms with Gasteiger partial charge in [0.1, 0.15) is 11.9 Å². The van der Waals surface area contributed by atoms with Crippen molar-refractivity contribution in [1.82, 2.24) is 0 Å². The molecule has 1 saturated heterocycles. The van der Waals surface area contributed by atoms with Crippen LogP contribution in [0.4, 0.5) is 15.8 Å². The van der Waals surface area contributed by atoms with Crippen LogP contribution in [-0.4, -0.2) is 17.9 Å². The number of hydrogen-bond donors (Lipinski definition) is 1. The lowest BCUT2D eigenvalue weighted by molar-refractivity contribution is -0.121. The maximum atomic E-state index is 13.7. The van der Waals surface area contributed by atoms with Gasteiger partial charge in [0.05, 0.1) is 22.8 Å². The van der Waals surface area contributed by atoms with Gasteiger partial charge in [-0.1, -0.05) is 35.9 Å². The third-order valence-corrected chi connectivity index (χ3v) is 3.76. The number of halogens is 2. The van der Waals surface area contributed by atoms with E-state index >= 15 is 0 Å². The van der Waals surface area contributed by atoms with Gasteiger partial charge in [-0.15, -0.1) is 0 Å². The van der Waals surface area contributed by atoms with E-state index in [1.165, 1.54) is 12.1 Å². The fourth-order valence-electron chi connectivity index (χ4n) is 2.40. The molecule has 1 N–H and O–H groups in total. The third-order valence-electron chi connectivity index (χ3n) is 3.44. The number of anilines is 2. The van der Waals surface area contributed by atoms with Crippen molar-refractivity contribution in [1.29, 1.82) is 0 Å². The van der Waals surface area contributed by atoms with Crippen LogP contribution in [0.5, 0.6) is 0 Å². The van der Waals surface area contributed by atoms with Crippen molar-refractivity contribution in [3.63, 3.8) is 0 Å². The van der Waals surface area contributed by atoms with Crippen LogP contribution >= 0.6 is 11.6 Å². The number of para-hydroxylation sites is 2. The lowest BCUT2D eigenvalue weighted by Crippen LogP contribution is -2.35. The van der Waals surface area contributed by atoms with Crippen molar-refractivity contribution in [3.8, 4) is 0 Å². The van der Waals surface area contributed by atoms with E-state index in [1.54, 1.807) is 36.4 Å². The quantitative estimate of drug-likeness (QED) is 0.884. The van der Waals surface area contributed by atoms with Crippen molar-refractivity contribution in [2.45, 2.75) is 12.5 Å². The Morgan fingerprint density at radius 2 is 1.77 bits per heavy atom. The van der Waals surface area contributed by atoms with E-state index < -0.39 is 17.8 Å². The van der Waals surface area contributed by atoms with Crippen molar-refractivity contribution >= 4 is 34.8 Å². The van der Waals surface area contributed by atoms with Gasteiger partial charge in [-0.25, -0.2) is 9.29 Å². The number of benzene rings is 2. The van der Waals surface area contributed by atoms with Crippen molar-refractivity contribution in [2.24, 2.45) is 0 Å². The van der Waals surface area contributed by atoms with Crippen LogP contribution in [0.3, 0.4) is 0 Å². The van der Waals surface area contributed by atoms with Crippen LogP contribution in [0, 0.1) is 5.82 Å². The largest absolute Gasteiger partial charge is 0.371 e. The lowest BCUT2D eigenvalue weighted by atomic mass is 10.2. The number of rotatable bonds is 3. The van der Waals surface area contributed by atoms with Gasteiger partial charge in [0.25, 0.3) is 5.91 Å². The smallest absolute Gasteiger partial charge is 0.256 e. The summed E-state index contributed by atoms with van der Waals surface area (Å²) in [4.78, 5) is 25.6. The van der Waals surface area contributed by atoms with Crippen molar-refractivity contribution < 1.29 is 14.0 Å². The predicted octanol–water partition coefficient (Wildman–Crippen LogP) is 3.22. The van der Waals surface area contributed by atoms with Crippen LogP contribution in [0.2, 0.25) is 5.02 Å². The summed E-state index contributed by atoms with van der Waals surface area (Å²) in [5, 5.41) is 3.09. The number of carbonyl (C=O) groups excluding carboxylic acids is 2. The maximum absolute atomic E-state index is 13.7. The van der Waals surface area contributed by atoms with Gasteiger partial charge in [0.2, 0.25) is 5.91 Å². The van der Waals surface area contributed by atoms with Gasteiger partial charge in [-0.3, -0.25) is 9.59 Å². The molecule has 0 unspecified atom stereocenters. The average Bonchev–Trinajstić information content (AvgIpc) is 2.77. The fourth-order valence-corrected chi connectivity index (χ4v) is 2.62. The monoisotopic (exact) mass is 318 g/mol. The molecule has 2 aromatic carbocycles. The Labute approximate surface area is 131 Å². The summed E-state index contributed by atoms with van der Waals surface area (Å²) in [5.74, 6) is -1.28. The van der Waals surface area contributed by atoms with E-state index in [4.69, 9.17) is 11.6 Å². The summed E-state index contributed by atoms with van der Waals surface area (Å²) < 4.78 is 13.7. The first-order valence-electron chi connectivity index (χ1n) is 6.70. The Bertz CT molecular complexity index is 750. The van der Waals surface area contributed by atoms with E-state index in [9.17, 15) is 14.0 Å². The molecule has 1 fully saturated rings. The normalized spacial score (nSPS) is 17.9. The molecule has 1 aliphatic heterocycles. The Balaban J connectivity index is 1.86. The number of amides is 2. The first-order valence-corrected chi connectivity index (χ1v) is 7.08. The average molecular weight is 319 g/mol. The number of hydrogen-bond acceptors (Lipinski definition) is 3. The summed E-state index contributed by atoms with van der Waals surface area (Å²) in [6.07, 6.45) is -0.0433. The summed E-state index contributed by atoms with van der Waals surface area (Å²) in [7, 11) is 0. The van der Waals surface area contributed by atoms with E-state index in [1.807, 2.05) is 0 Å². The fraction of sp³-hybridized carbons (Fsp3) is 0.125. The highest BCUT2D eigenvalue weighted by molar-refractivity contribution is 6.36. The zero-order valence-corrected chi connectivity index (χ0v) is 12.2. The Kier molecular flexibility index (Phi) is 3.81. The first kappa shape index (κ1) is 14.5. The van der Waals surface area contributed by atoms with E-state index in [0.717, 1.165) is 4.90 Å². The van der Waals surface area contributed by atoms with Crippen LogP contribution in [0.1, 0.15) is 6.42 Å². The molecule has 112 valence electrons. The van der Waals surface area contributed by atoms with Crippen LogP contribution in [-0.2, 0) is 9.59 Å². The van der Waals surface area contributed by atoms with Gasteiger partial charge in [0, 0.05) is 0 Å². The molecule has 22 heavy (non-hydrogen) atoms. The Morgan fingerprint density at radius 1 is 1.09 bits per heavy atom. The minimum absolute atomic E-state index is 0.0433. The second-order valence-corrected chi connectivity index (χ2v) is 5.31. The van der Waals surface area contributed by atoms with Gasteiger partial charge >= 0.3 is 0 Å². The molecule has 0 aliphatic carbocycles. The third kappa shape index (κ3) is 2.55. The molecule has 6 heteroatoms. The van der Waals surface area contributed by atoms with Crippen LogP contribution in [0.15, 0.2) is 48.5 Å². The minimum atomic E-state index is -0.805. The van der Waals surface area contributed by atoms with E-state index in [0.29, 0.717) is 10.7 Å². The standard InChI is InChI=1S/C16H12ClFN2O2/c17-10-5-1-4-8-14(10)20-15(21)9-13(16(20)22)19-12-7-3-2-6-11(12)18/h1-8,13,19H,9H2/t13-/m0/s1. The molecular weight excluding hydrogens is 307 g/mol. The van der Waals surface area contributed by atoms with E-state index in [2.05, 4.69) is 5.32 Å². The lowest BCUT2D eigenvalue weighted by Gasteiger charge is -2.17. The maximum Gasteiger partial charge on any atom is 0.256 e. The number of imide groups is 1. The number of carbonyl (C=O) groups is 2. The molecule has 2 aromatic rings. The van der Waals surface area contributed by atoms with Crippen molar-refractivity contribution in [3.05, 3.63) is 59.4 Å². The second-order valence-electron chi connectivity index (χ2n) is 4.90. The summed E-state index contributed by atoms with van der Waals surface area (Å²) in [6, 6.07) is 11.8. The molecule has 1 aliphatic rings. The molecule has 0 aromatic heterocycles. The van der Waals surface area contributed by atoms with Gasteiger partial charge < -0.3 is 5.32 Å². The molecule has 2 amide bonds. The highest BCUT2D eigenvalue weighted by atomic mass is 35.5. The highest BCUT2D eigenvalue weighted by Crippen LogP contribution is 2.31. The zero-order chi connectivity index (χ0) is 15.7. The van der Waals surface area contributed by atoms with Crippen LogP contribution in [0.25, 0.3) is 0 Å².